The first-order chi connectivity index (χ1) is 8.13. The molecule has 5 nitrogen and oxygen atoms in total. The molecule has 17 heavy (non-hydrogen) atoms. The zero-order valence-electron chi connectivity index (χ0n) is 9.86. The predicted molar refractivity (Wildman–Crippen MR) is 65.2 cm³/mol. The monoisotopic (exact) mass is 232 g/mol. The molecular weight excluding hydrogens is 216 g/mol. The van der Waals surface area contributed by atoms with Crippen molar-refractivity contribution in [2.45, 2.75) is 19.8 Å². The molecule has 0 aliphatic heterocycles. The zero-order chi connectivity index (χ0) is 12.4. The Kier molecular flexibility index (Phi) is 3.05. The van der Waals surface area contributed by atoms with Gasteiger partial charge in [0.25, 0.3) is 5.91 Å². The summed E-state index contributed by atoms with van der Waals surface area (Å²) in [5.41, 5.74) is 7.19. The van der Waals surface area contributed by atoms with Crippen LogP contribution in [0, 0.1) is 25.2 Å². The third-order valence-corrected chi connectivity index (χ3v) is 2.94. The van der Waals surface area contributed by atoms with Crippen LogP contribution < -0.4 is 5.73 Å². The molecule has 0 aromatic carbocycles. The smallest absolute Gasteiger partial charge is 0.277 e. The number of terminal acetylenes is 1. The van der Waals surface area contributed by atoms with E-state index in [1.54, 1.807) is 11.8 Å². The minimum Gasteiger partial charge on any atom is -0.395 e. The average molecular weight is 232 g/mol. The quantitative estimate of drug-likeness (QED) is 0.753. The lowest BCUT2D eigenvalue weighted by Gasteiger charge is -2.19. The first-order valence-corrected chi connectivity index (χ1v) is 5.66. The third kappa shape index (κ3) is 2.41. The first-order valence-electron chi connectivity index (χ1n) is 5.66. The van der Waals surface area contributed by atoms with Crippen molar-refractivity contribution in [2.24, 2.45) is 5.92 Å². The number of aryl methyl sites for hydroxylation is 1. The molecule has 1 heterocycles. The average Bonchev–Trinajstić information content (AvgIpc) is 3.06. The van der Waals surface area contributed by atoms with Crippen molar-refractivity contribution in [3.8, 4) is 12.3 Å². The number of hydrogen-bond donors (Lipinski definition) is 2. The second-order valence-electron chi connectivity index (χ2n) is 4.44. The number of carbonyl (C=O) groups excluding carboxylic acids is 1. The number of nitrogens with zero attached hydrogens (tertiary/aromatic N) is 2. The summed E-state index contributed by atoms with van der Waals surface area (Å²) in [4.78, 5) is 13.8. The Morgan fingerprint density at radius 2 is 2.41 bits per heavy atom. The third-order valence-electron chi connectivity index (χ3n) is 2.94. The Morgan fingerprint density at radius 3 is 2.88 bits per heavy atom. The molecule has 1 aliphatic carbocycles. The van der Waals surface area contributed by atoms with E-state index >= 15 is 0 Å². The Labute approximate surface area is 100 Å². The molecule has 1 aliphatic rings. The van der Waals surface area contributed by atoms with Crippen molar-refractivity contribution in [1.29, 1.82) is 0 Å². The second-order valence-corrected chi connectivity index (χ2v) is 4.44. The molecule has 90 valence electrons. The Bertz CT molecular complexity index is 467. The largest absolute Gasteiger partial charge is 0.395 e. The molecule has 0 saturated heterocycles. The molecule has 2 rings (SSSR count). The lowest BCUT2D eigenvalue weighted by molar-refractivity contribution is 0.0765. The van der Waals surface area contributed by atoms with E-state index in [0.717, 1.165) is 0 Å². The van der Waals surface area contributed by atoms with Gasteiger partial charge in [-0.1, -0.05) is 5.92 Å². The number of hydrogen-bond acceptors (Lipinski definition) is 3. The number of anilines is 1. The molecule has 5 heteroatoms. The number of nitrogen functional groups attached to an aromatic ring is 1. The highest BCUT2D eigenvalue weighted by atomic mass is 16.2. The van der Waals surface area contributed by atoms with Crippen molar-refractivity contribution in [3.63, 3.8) is 0 Å². The molecule has 1 fully saturated rings. The van der Waals surface area contributed by atoms with Crippen LogP contribution in [0.5, 0.6) is 0 Å². The number of H-pyrrole nitrogens is 1. The van der Waals surface area contributed by atoms with E-state index in [0.29, 0.717) is 30.4 Å². The Morgan fingerprint density at radius 1 is 1.71 bits per heavy atom. The summed E-state index contributed by atoms with van der Waals surface area (Å²) >= 11 is 0. The highest BCUT2D eigenvalue weighted by molar-refractivity contribution is 5.97. The lowest BCUT2D eigenvalue weighted by Crippen LogP contribution is -2.34. The SMILES string of the molecule is C#CCN(CC1CC1)C(=O)c1n[nH]c(C)c1N. The fourth-order valence-corrected chi connectivity index (χ4v) is 1.69. The van der Waals surface area contributed by atoms with Crippen LogP contribution in [0.1, 0.15) is 29.0 Å². The van der Waals surface area contributed by atoms with E-state index in [4.69, 9.17) is 12.2 Å². The van der Waals surface area contributed by atoms with Gasteiger partial charge in [-0.3, -0.25) is 9.89 Å². The topological polar surface area (TPSA) is 75.0 Å². The van der Waals surface area contributed by atoms with Gasteiger partial charge in [-0.25, -0.2) is 0 Å². The molecule has 1 amide bonds. The second kappa shape index (κ2) is 4.50. The fraction of sp³-hybridized carbons (Fsp3) is 0.500. The van der Waals surface area contributed by atoms with Gasteiger partial charge < -0.3 is 10.6 Å². The van der Waals surface area contributed by atoms with Crippen LogP contribution in [-0.2, 0) is 0 Å². The van der Waals surface area contributed by atoms with Crippen LogP contribution in [0.3, 0.4) is 0 Å². The van der Waals surface area contributed by atoms with Crippen LogP contribution in [0.25, 0.3) is 0 Å². The van der Waals surface area contributed by atoms with Crippen LogP contribution in [0.4, 0.5) is 5.69 Å². The van der Waals surface area contributed by atoms with Crippen LogP contribution in [0.15, 0.2) is 0 Å². The summed E-state index contributed by atoms with van der Waals surface area (Å²) in [6.07, 6.45) is 7.62. The van der Waals surface area contributed by atoms with Gasteiger partial charge in [0.15, 0.2) is 5.69 Å². The molecule has 0 atom stereocenters. The van der Waals surface area contributed by atoms with Gasteiger partial charge in [0.05, 0.1) is 17.9 Å². The van der Waals surface area contributed by atoms with Crippen molar-refractivity contribution in [2.75, 3.05) is 18.8 Å². The number of rotatable bonds is 4. The van der Waals surface area contributed by atoms with Crippen LogP contribution >= 0.6 is 0 Å². The van der Waals surface area contributed by atoms with Gasteiger partial charge in [0.2, 0.25) is 0 Å². The van der Waals surface area contributed by atoms with Gasteiger partial charge in [-0.2, -0.15) is 5.10 Å². The van der Waals surface area contributed by atoms with E-state index in [1.807, 2.05) is 0 Å². The van der Waals surface area contributed by atoms with Crippen LogP contribution in [0.2, 0.25) is 0 Å². The maximum Gasteiger partial charge on any atom is 0.277 e. The maximum absolute atomic E-state index is 12.2. The maximum atomic E-state index is 12.2. The molecule has 0 spiro atoms. The minimum absolute atomic E-state index is 0.184. The number of amides is 1. The molecule has 1 saturated carbocycles. The van der Waals surface area contributed by atoms with E-state index in [-0.39, 0.29) is 11.6 Å². The summed E-state index contributed by atoms with van der Waals surface area (Å²) in [7, 11) is 0. The minimum atomic E-state index is -0.184. The molecule has 3 N–H and O–H groups in total. The van der Waals surface area contributed by atoms with E-state index in [1.165, 1.54) is 12.8 Å². The van der Waals surface area contributed by atoms with E-state index < -0.39 is 0 Å². The Hall–Kier alpha value is -1.96. The van der Waals surface area contributed by atoms with Crippen LogP contribution in [-0.4, -0.2) is 34.1 Å². The number of aromatic nitrogens is 2. The molecule has 1 aromatic rings. The molecule has 0 bridgehead atoms. The normalized spacial score (nSPS) is 14.4. The van der Waals surface area contributed by atoms with Crippen molar-refractivity contribution >= 4 is 11.6 Å². The first kappa shape index (κ1) is 11.5. The van der Waals surface area contributed by atoms with Crippen molar-refractivity contribution in [3.05, 3.63) is 11.4 Å². The number of nitrogens with one attached hydrogen (secondary N) is 1. The number of nitrogens with two attached hydrogens (primary N) is 1. The van der Waals surface area contributed by atoms with Gasteiger partial charge in [-0.05, 0) is 25.7 Å². The summed E-state index contributed by atoms with van der Waals surface area (Å²) in [6, 6.07) is 0. The number of aromatic amines is 1. The van der Waals surface area contributed by atoms with E-state index in [9.17, 15) is 4.79 Å². The van der Waals surface area contributed by atoms with Crippen molar-refractivity contribution in [1.82, 2.24) is 15.1 Å². The highest BCUT2D eigenvalue weighted by Crippen LogP contribution is 2.30. The molecule has 0 radical (unpaired) electrons. The Balaban J connectivity index is 2.15. The molecule has 1 aromatic heterocycles. The van der Waals surface area contributed by atoms with Gasteiger partial charge in [0, 0.05) is 6.54 Å². The molecule has 0 unspecified atom stereocenters. The summed E-state index contributed by atoms with van der Waals surface area (Å²) in [5.74, 6) is 2.91. The van der Waals surface area contributed by atoms with E-state index in [2.05, 4.69) is 16.1 Å². The standard InChI is InChI=1S/C12H16N4O/c1-3-6-16(7-9-4-5-9)12(17)11-10(13)8(2)14-15-11/h1,9H,4-7,13H2,2H3,(H,14,15). The van der Waals surface area contributed by atoms with Crippen molar-refractivity contribution < 1.29 is 4.79 Å². The van der Waals surface area contributed by atoms with Gasteiger partial charge >= 0.3 is 0 Å². The summed E-state index contributed by atoms with van der Waals surface area (Å²) in [5, 5.41) is 6.65. The summed E-state index contributed by atoms with van der Waals surface area (Å²) in [6.45, 7) is 2.79. The van der Waals surface area contributed by atoms with Gasteiger partial charge in [0.1, 0.15) is 0 Å². The number of carbonyl (C=O) groups is 1. The van der Waals surface area contributed by atoms with Gasteiger partial charge in [-0.15, -0.1) is 6.42 Å². The summed E-state index contributed by atoms with van der Waals surface area (Å²) < 4.78 is 0. The predicted octanol–water partition coefficient (Wildman–Crippen LogP) is 0.786. The fourth-order valence-electron chi connectivity index (χ4n) is 1.69. The highest BCUT2D eigenvalue weighted by Gasteiger charge is 2.28. The lowest BCUT2D eigenvalue weighted by atomic mass is 10.2. The molecular formula is C12H16N4O. The zero-order valence-corrected chi connectivity index (χ0v) is 9.86.